The topological polar surface area (TPSA) is 61.8 Å². The number of hydrogen-bond acceptors (Lipinski definition) is 3. The lowest BCUT2D eigenvalue weighted by Gasteiger charge is -2.28. The third-order valence-corrected chi connectivity index (χ3v) is 3.91. The zero-order valence-electron chi connectivity index (χ0n) is 11.4. The Morgan fingerprint density at radius 3 is 2.53 bits per heavy atom. The summed E-state index contributed by atoms with van der Waals surface area (Å²) in [6, 6.07) is 0. The molecule has 0 radical (unpaired) electrons. The highest BCUT2D eigenvalue weighted by Crippen LogP contribution is 2.49. The molecule has 4 heteroatoms. The second kappa shape index (κ2) is 6.24. The van der Waals surface area contributed by atoms with Crippen LogP contribution in [0.1, 0.15) is 46.5 Å². The predicted molar refractivity (Wildman–Crippen MR) is 71.3 cm³/mol. The molecule has 0 aromatic carbocycles. The molecular weight excluding hydrogens is 214 g/mol. The van der Waals surface area contributed by atoms with Crippen molar-refractivity contribution in [3.05, 3.63) is 0 Å². The van der Waals surface area contributed by atoms with Crippen LogP contribution in [-0.4, -0.2) is 35.6 Å². The summed E-state index contributed by atoms with van der Waals surface area (Å²) in [5.74, 6) is 1.12. The van der Waals surface area contributed by atoms with Crippen LogP contribution in [0, 0.1) is 11.3 Å². The highest BCUT2D eigenvalue weighted by atomic mass is 16.4. The van der Waals surface area contributed by atoms with Gasteiger partial charge >= 0.3 is 0 Å². The first-order valence-electron chi connectivity index (χ1n) is 6.74. The molecule has 0 aliphatic heterocycles. The molecule has 1 aliphatic carbocycles. The smallest absolute Gasteiger partial charge is 0.139 e. The molecule has 1 atom stereocenters. The Hall–Kier alpha value is -0.770. The van der Waals surface area contributed by atoms with Crippen molar-refractivity contribution in [3.8, 4) is 0 Å². The van der Waals surface area contributed by atoms with Crippen LogP contribution in [0.4, 0.5) is 0 Å². The van der Waals surface area contributed by atoms with Crippen LogP contribution in [0.25, 0.3) is 0 Å². The monoisotopic (exact) mass is 241 g/mol. The summed E-state index contributed by atoms with van der Waals surface area (Å²) in [6.45, 7) is 10.1. The minimum atomic E-state index is 0.291. The van der Waals surface area contributed by atoms with E-state index in [9.17, 15) is 0 Å². The molecule has 0 aromatic rings. The van der Waals surface area contributed by atoms with Crippen LogP contribution in [0.2, 0.25) is 0 Å². The van der Waals surface area contributed by atoms with E-state index in [2.05, 4.69) is 30.8 Å². The first-order valence-corrected chi connectivity index (χ1v) is 6.74. The third kappa shape index (κ3) is 4.54. The molecular formula is C13H27N3O. The zero-order valence-corrected chi connectivity index (χ0v) is 11.4. The van der Waals surface area contributed by atoms with Gasteiger partial charge in [-0.1, -0.05) is 32.3 Å². The number of nitrogens with zero attached hydrogens (tertiary/aromatic N) is 2. The average Bonchev–Trinajstić information content (AvgIpc) is 3.07. The first kappa shape index (κ1) is 14.3. The van der Waals surface area contributed by atoms with Crippen LogP contribution >= 0.6 is 0 Å². The molecule has 1 unspecified atom stereocenters. The summed E-state index contributed by atoms with van der Waals surface area (Å²) in [5.41, 5.74) is 5.92. The zero-order chi connectivity index (χ0) is 12.9. The first-order chi connectivity index (χ1) is 8.05. The predicted octanol–water partition coefficient (Wildman–Crippen LogP) is 2.27. The van der Waals surface area contributed by atoms with Gasteiger partial charge in [-0.05, 0) is 30.7 Å². The SMILES string of the molecule is CCC(C)CN(CC)CC1(CC(N)=NO)CC1. The molecule has 1 rings (SSSR count). The van der Waals surface area contributed by atoms with Gasteiger partial charge in [-0.15, -0.1) is 0 Å². The molecule has 0 heterocycles. The van der Waals surface area contributed by atoms with Gasteiger partial charge in [0, 0.05) is 19.5 Å². The van der Waals surface area contributed by atoms with Gasteiger partial charge in [0.2, 0.25) is 0 Å². The second-order valence-corrected chi connectivity index (χ2v) is 5.61. The van der Waals surface area contributed by atoms with Gasteiger partial charge < -0.3 is 15.8 Å². The van der Waals surface area contributed by atoms with Crippen LogP contribution in [0.3, 0.4) is 0 Å². The van der Waals surface area contributed by atoms with Gasteiger partial charge in [-0.2, -0.15) is 0 Å². The van der Waals surface area contributed by atoms with Crippen molar-refractivity contribution in [2.75, 3.05) is 19.6 Å². The van der Waals surface area contributed by atoms with Crippen LogP contribution in [0.15, 0.2) is 5.16 Å². The summed E-state index contributed by atoms with van der Waals surface area (Å²) in [6.07, 6.45) is 4.38. The highest BCUT2D eigenvalue weighted by molar-refractivity contribution is 5.80. The van der Waals surface area contributed by atoms with E-state index in [1.54, 1.807) is 0 Å². The molecule has 0 amide bonds. The maximum absolute atomic E-state index is 8.65. The fourth-order valence-corrected chi connectivity index (χ4v) is 2.34. The minimum Gasteiger partial charge on any atom is -0.409 e. The molecule has 3 N–H and O–H groups in total. The number of rotatable bonds is 8. The van der Waals surface area contributed by atoms with Crippen LogP contribution < -0.4 is 5.73 Å². The summed E-state index contributed by atoms with van der Waals surface area (Å²) in [4.78, 5) is 2.51. The summed E-state index contributed by atoms with van der Waals surface area (Å²) in [5, 5.41) is 11.7. The molecule has 0 bridgehead atoms. The summed E-state index contributed by atoms with van der Waals surface area (Å²) >= 11 is 0. The maximum Gasteiger partial charge on any atom is 0.139 e. The van der Waals surface area contributed by atoms with Crippen molar-refractivity contribution >= 4 is 5.84 Å². The second-order valence-electron chi connectivity index (χ2n) is 5.61. The van der Waals surface area contributed by atoms with Gasteiger partial charge in [0.15, 0.2) is 0 Å². The van der Waals surface area contributed by atoms with Gasteiger partial charge in [0.25, 0.3) is 0 Å². The lowest BCUT2D eigenvalue weighted by molar-refractivity contribution is 0.201. The Bertz CT molecular complexity index is 261. The molecule has 100 valence electrons. The van der Waals surface area contributed by atoms with Crippen molar-refractivity contribution in [2.45, 2.75) is 46.5 Å². The molecule has 17 heavy (non-hydrogen) atoms. The van der Waals surface area contributed by atoms with E-state index in [0.29, 0.717) is 11.3 Å². The molecule has 4 nitrogen and oxygen atoms in total. The van der Waals surface area contributed by atoms with E-state index in [0.717, 1.165) is 32.0 Å². The number of nitrogens with two attached hydrogens (primary N) is 1. The Balaban J connectivity index is 2.45. The number of hydrogen-bond donors (Lipinski definition) is 2. The minimum absolute atomic E-state index is 0.291. The van der Waals surface area contributed by atoms with Crippen molar-refractivity contribution in [1.29, 1.82) is 0 Å². The standard InChI is InChI=1S/C13H27N3O/c1-4-11(3)9-16(5-2)10-13(6-7-13)8-12(14)15-17/h11,17H,4-10H2,1-3H3,(H2,14,15). The molecule has 1 fully saturated rings. The van der Waals surface area contributed by atoms with Gasteiger partial charge in [0.05, 0.1) is 0 Å². The van der Waals surface area contributed by atoms with E-state index < -0.39 is 0 Å². The lowest BCUT2D eigenvalue weighted by Crippen LogP contribution is -2.35. The maximum atomic E-state index is 8.65. The molecule has 0 aromatic heterocycles. The Kier molecular flexibility index (Phi) is 5.25. The van der Waals surface area contributed by atoms with Gasteiger partial charge in [-0.25, -0.2) is 0 Å². The molecule has 1 saturated carbocycles. The quantitative estimate of drug-likeness (QED) is 0.296. The Morgan fingerprint density at radius 2 is 2.12 bits per heavy atom. The van der Waals surface area contributed by atoms with Crippen molar-refractivity contribution < 1.29 is 5.21 Å². The van der Waals surface area contributed by atoms with Crippen LogP contribution in [-0.2, 0) is 0 Å². The third-order valence-electron chi connectivity index (χ3n) is 3.91. The highest BCUT2D eigenvalue weighted by Gasteiger charge is 2.44. The van der Waals surface area contributed by atoms with Crippen molar-refractivity contribution in [1.82, 2.24) is 4.90 Å². The van der Waals surface area contributed by atoms with Crippen molar-refractivity contribution in [2.24, 2.45) is 22.2 Å². The summed E-state index contributed by atoms with van der Waals surface area (Å²) in [7, 11) is 0. The number of oxime groups is 1. The molecule has 0 spiro atoms. The molecule has 1 aliphatic rings. The lowest BCUT2D eigenvalue weighted by atomic mass is 10.00. The number of amidine groups is 1. The Labute approximate surface area is 105 Å². The average molecular weight is 241 g/mol. The van der Waals surface area contributed by atoms with Crippen molar-refractivity contribution in [3.63, 3.8) is 0 Å². The normalized spacial score (nSPS) is 20.6. The fourth-order valence-electron chi connectivity index (χ4n) is 2.34. The molecule has 0 saturated heterocycles. The van der Waals surface area contributed by atoms with E-state index in [1.165, 1.54) is 19.3 Å². The van der Waals surface area contributed by atoms with Crippen LogP contribution in [0.5, 0.6) is 0 Å². The van der Waals surface area contributed by atoms with E-state index in [1.807, 2.05) is 0 Å². The largest absolute Gasteiger partial charge is 0.409 e. The van der Waals surface area contributed by atoms with E-state index in [4.69, 9.17) is 10.9 Å². The van der Waals surface area contributed by atoms with E-state index in [-0.39, 0.29) is 0 Å². The van der Waals surface area contributed by atoms with Gasteiger partial charge in [0.1, 0.15) is 5.84 Å². The fraction of sp³-hybridized carbons (Fsp3) is 0.923. The Morgan fingerprint density at radius 1 is 1.47 bits per heavy atom. The summed E-state index contributed by atoms with van der Waals surface area (Å²) < 4.78 is 0. The van der Waals surface area contributed by atoms with Gasteiger partial charge in [-0.3, -0.25) is 0 Å². The van der Waals surface area contributed by atoms with E-state index >= 15 is 0 Å².